The predicted molar refractivity (Wildman–Crippen MR) is 56.9 cm³/mol. The van der Waals surface area contributed by atoms with Crippen LogP contribution in [0.5, 0.6) is 0 Å². The number of nitrogens with zero attached hydrogens (tertiary/aromatic N) is 3. The third-order valence-corrected chi connectivity index (χ3v) is 2.67. The van der Waals surface area contributed by atoms with Crippen molar-refractivity contribution in [2.75, 3.05) is 5.75 Å². The van der Waals surface area contributed by atoms with Crippen molar-refractivity contribution in [2.45, 2.75) is 26.6 Å². The molecule has 1 aromatic rings. The fraction of sp³-hybridized carbons (Fsp3) is 0.667. The van der Waals surface area contributed by atoms with E-state index in [0.29, 0.717) is 11.6 Å². The van der Waals surface area contributed by atoms with Gasteiger partial charge in [0.2, 0.25) is 0 Å². The summed E-state index contributed by atoms with van der Waals surface area (Å²) in [7, 11) is 0. The number of thioether (sulfide) groups is 1. The van der Waals surface area contributed by atoms with E-state index in [1.54, 1.807) is 22.8 Å². The number of carbonyl (C=O) groups excluding carboxylic acids is 1. The van der Waals surface area contributed by atoms with Gasteiger partial charge in [0.15, 0.2) is 0 Å². The lowest BCUT2D eigenvalue weighted by Crippen LogP contribution is -2.22. The van der Waals surface area contributed by atoms with E-state index in [9.17, 15) is 4.79 Å². The molecule has 1 heterocycles. The lowest BCUT2D eigenvalue weighted by atomic mass is 9.92. The number of hydrogen-bond acceptors (Lipinski definition) is 4. The SMILES string of the molecule is CC(C)(C)C(=O)CSCn1cncn1. The van der Waals surface area contributed by atoms with Crippen LogP contribution in [0.25, 0.3) is 0 Å². The van der Waals surface area contributed by atoms with E-state index in [4.69, 9.17) is 0 Å². The summed E-state index contributed by atoms with van der Waals surface area (Å²) in [4.78, 5) is 15.3. The van der Waals surface area contributed by atoms with Gasteiger partial charge in [-0.05, 0) is 0 Å². The molecule has 0 aliphatic rings. The van der Waals surface area contributed by atoms with Gasteiger partial charge in [-0.25, -0.2) is 9.67 Å². The second kappa shape index (κ2) is 4.59. The Morgan fingerprint density at radius 3 is 2.71 bits per heavy atom. The van der Waals surface area contributed by atoms with Crippen molar-refractivity contribution in [1.29, 1.82) is 0 Å². The van der Waals surface area contributed by atoms with Crippen molar-refractivity contribution in [3.8, 4) is 0 Å². The number of Topliss-reactive ketones (excluding diaryl/α,β-unsaturated/α-hetero) is 1. The van der Waals surface area contributed by atoms with Gasteiger partial charge in [-0.1, -0.05) is 20.8 Å². The number of hydrogen-bond donors (Lipinski definition) is 0. The topological polar surface area (TPSA) is 47.8 Å². The highest BCUT2D eigenvalue weighted by Crippen LogP contribution is 2.18. The lowest BCUT2D eigenvalue weighted by molar-refractivity contribution is -0.123. The highest BCUT2D eigenvalue weighted by atomic mass is 32.2. The summed E-state index contributed by atoms with van der Waals surface area (Å²) in [6.07, 6.45) is 3.14. The first-order chi connectivity index (χ1) is 6.50. The van der Waals surface area contributed by atoms with E-state index >= 15 is 0 Å². The summed E-state index contributed by atoms with van der Waals surface area (Å²) in [6, 6.07) is 0. The summed E-state index contributed by atoms with van der Waals surface area (Å²) in [5, 5.41) is 3.95. The number of carbonyl (C=O) groups is 1. The summed E-state index contributed by atoms with van der Waals surface area (Å²) in [5.41, 5.74) is -0.241. The highest BCUT2D eigenvalue weighted by molar-refractivity contribution is 7.99. The van der Waals surface area contributed by atoms with Crippen molar-refractivity contribution in [3.05, 3.63) is 12.7 Å². The average Bonchev–Trinajstić information content (AvgIpc) is 2.55. The van der Waals surface area contributed by atoms with Crippen molar-refractivity contribution < 1.29 is 4.79 Å². The van der Waals surface area contributed by atoms with Gasteiger partial charge in [0.25, 0.3) is 0 Å². The Morgan fingerprint density at radius 1 is 1.50 bits per heavy atom. The quantitative estimate of drug-likeness (QED) is 0.762. The Kier molecular flexibility index (Phi) is 3.69. The first kappa shape index (κ1) is 11.2. The molecule has 78 valence electrons. The minimum absolute atomic E-state index is 0.241. The molecule has 0 unspecified atom stereocenters. The van der Waals surface area contributed by atoms with Crippen LogP contribution < -0.4 is 0 Å². The molecule has 0 aliphatic carbocycles. The van der Waals surface area contributed by atoms with Crippen LogP contribution >= 0.6 is 11.8 Å². The van der Waals surface area contributed by atoms with Crippen molar-refractivity contribution in [1.82, 2.24) is 14.8 Å². The Hall–Kier alpha value is -0.840. The van der Waals surface area contributed by atoms with Crippen LogP contribution in [-0.4, -0.2) is 26.3 Å². The van der Waals surface area contributed by atoms with Crippen LogP contribution in [0.3, 0.4) is 0 Å². The van der Waals surface area contributed by atoms with E-state index in [2.05, 4.69) is 10.1 Å². The molecule has 0 saturated heterocycles. The van der Waals surface area contributed by atoms with E-state index in [1.807, 2.05) is 20.8 Å². The van der Waals surface area contributed by atoms with Crippen LogP contribution in [0, 0.1) is 5.41 Å². The van der Waals surface area contributed by atoms with Gasteiger partial charge in [0, 0.05) is 5.41 Å². The van der Waals surface area contributed by atoms with E-state index in [-0.39, 0.29) is 11.2 Å². The summed E-state index contributed by atoms with van der Waals surface area (Å²) < 4.78 is 1.71. The maximum Gasteiger partial charge on any atom is 0.148 e. The Labute approximate surface area is 88.1 Å². The molecule has 0 aliphatic heterocycles. The van der Waals surface area contributed by atoms with Gasteiger partial charge in [-0.3, -0.25) is 4.79 Å². The van der Waals surface area contributed by atoms with Gasteiger partial charge >= 0.3 is 0 Å². The molecule has 0 atom stereocenters. The molecule has 0 amide bonds. The first-order valence-electron chi connectivity index (χ1n) is 4.43. The van der Waals surface area contributed by atoms with Gasteiger partial charge < -0.3 is 0 Å². The van der Waals surface area contributed by atoms with Crippen LogP contribution in [0.2, 0.25) is 0 Å². The first-order valence-corrected chi connectivity index (χ1v) is 5.59. The number of rotatable bonds is 4. The Morgan fingerprint density at radius 2 is 2.21 bits per heavy atom. The fourth-order valence-corrected chi connectivity index (χ4v) is 1.78. The normalized spacial score (nSPS) is 11.6. The third kappa shape index (κ3) is 3.49. The van der Waals surface area contributed by atoms with Crippen molar-refractivity contribution in [2.24, 2.45) is 5.41 Å². The maximum atomic E-state index is 11.5. The molecular weight excluding hydrogens is 198 g/mol. The molecule has 0 bridgehead atoms. The van der Waals surface area contributed by atoms with Gasteiger partial charge in [0.05, 0.1) is 11.6 Å². The van der Waals surface area contributed by atoms with Crippen molar-refractivity contribution in [3.63, 3.8) is 0 Å². The Bertz CT molecular complexity index is 290. The zero-order chi connectivity index (χ0) is 10.6. The lowest BCUT2D eigenvalue weighted by Gasteiger charge is -2.15. The minimum Gasteiger partial charge on any atom is -0.298 e. The number of ketones is 1. The second-order valence-corrected chi connectivity index (χ2v) is 5.04. The van der Waals surface area contributed by atoms with Crippen LogP contribution in [0.15, 0.2) is 12.7 Å². The van der Waals surface area contributed by atoms with Gasteiger partial charge in [0.1, 0.15) is 18.4 Å². The Balaban J connectivity index is 2.26. The zero-order valence-electron chi connectivity index (χ0n) is 8.73. The molecule has 0 fully saturated rings. The third-order valence-electron chi connectivity index (χ3n) is 1.76. The molecule has 0 aromatic carbocycles. The molecule has 0 radical (unpaired) electrons. The molecule has 1 rings (SSSR count). The average molecular weight is 213 g/mol. The smallest absolute Gasteiger partial charge is 0.148 e. The van der Waals surface area contributed by atoms with Crippen LogP contribution in [0.1, 0.15) is 20.8 Å². The second-order valence-electron chi connectivity index (χ2n) is 4.09. The number of aromatic nitrogens is 3. The van der Waals surface area contributed by atoms with E-state index in [0.717, 1.165) is 0 Å². The van der Waals surface area contributed by atoms with E-state index < -0.39 is 0 Å². The van der Waals surface area contributed by atoms with Gasteiger partial charge in [-0.2, -0.15) is 5.10 Å². The standard InChI is InChI=1S/C9H15N3OS/c1-9(2,3)8(13)4-14-7-12-6-10-5-11-12/h5-6H,4,7H2,1-3H3. The molecule has 0 spiro atoms. The highest BCUT2D eigenvalue weighted by Gasteiger charge is 2.20. The monoisotopic (exact) mass is 213 g/mol. The molecule has 14 heavy (non-hydrogen) atoms. The molecule has 0 N–H and O–H groups in total. The largest absolute Gasteiger partial charge is 0.298 e. The minimum atomic E-state index is -0.241. The predicted octanol–water partition coefficient (Wildman–Crippen LogP) is 1.58. The summed E-state index contributed by atoms with van der Waals surface area (Å²) >= 11 is 1.56. The van der Waals surface area contributed by atoms with Gasteiger partial charge in [-0.15, -0.1) is 11.8 Å². The summed E-state index contributed by atoms with van der Waals surface area (Å²) in [6.45, 7) is 5.81. The van der Waals surface area contributed by atoms with Crippen LogP contribution in [-0.2, 0) is 10.7 Å². The molecular formula is C9H15N3OS. The fourth-order valence-electron chi connectivity index (χ4n) is 0.748. The molecule has 0 saturated carbocycles. The zero-order valence-corrected chi connectivity index (χ0v) is 9.54. The molecule has 5 heteroatoms. The molecule has 1 aromatic heterocycles. The maximum absolute atomic E-state index is 11.5. The van der Waals surface area contributed by atoms with Crippen molar-refractivity contribution >= 4 is 17.5 Å². The van der Waals surface area contributed by atoms with E-state index in [1.165, 1.54) is 6.33 Å². The van der Waals surface area contributed by atoms with Crippen LogP contribution in [0.4, 0.5) is 0 Å². The summed E-state index contributed by atoms with van der Waals surface area (Å²) in [5.74, 6) is 1.48. The molecule has 4 nitrogen and oxygen atoms in total.